The van der Waals surface area contributed by atoms with Crippen LogP contribution < -0.4 is 0 Å². The number of carboxylic acid groups (broad SMARTS) is 1. The molecule has 1 aromatic heterocycles. The Balaban J connectivity index is 1.62. The first-order chi connectivity index (χ1) is 24.2. The molecule has 0 saturated heterocycles. The van der Waals surface area contributed by atoms with Crippen LogP contribution in [0.2, 0.25) is 0 Å². The zero-order valence-electron chi connectivity index (χ0n) is 30.5. The van der Waals surface area contributed by atoms with E-state index < -0.39 is 18.2 Å². The zero-order chi connectivity index (χ0) is 36.0. The van der Waals surface area contributed by atoms with E-state index in [0.717, 1.165) is 47.7 Å². The maximum Gasteiger partial charge on any atom is 0.414 e. The second-order valence-electron chi connectivity index (χ2n) is 13.9. The highest BCUT2D eigenvalue weighted by Gasteiger charge is 2.36. The topological polar surface area (TPSA) is 59.4 Å². The molecule has 3 aromatic rings. The molecule has 7 heteroatoms. The van der Waals surface area contributed by atoms with Crippen molar-refractivity contribution in [1.29, 1.82) is 0 Å². The monoisotopic (exact) mass is 695 g/mol. The Hall–Kier alpha value is -3.19. The predicted molar refractivity (Wildman–Crippen MR) is 199 cm³/mol. The van der Waals surface area contributed by atoms with Gasteiger partial charge in [0.2, 0.25) is 0 Å². The fourth-order valence-electron chi connectivity index (χ4n) is 6.64. The summed E-state index contributed by atoms with van der Waals surface area (Å²) in [7, 11) is 0. The maximum absolute atomic E-state index is 12.9. The van der Waals surface area contributed by atoms with E-state index in [1.54, 1.807) is 0 Å². The number of aliphatic carboxylic acids is 1. The number of rotatable bonds is 26. The molecule has 0 radical (unpaired) electrons. The SMILES string of the molecule is CCCCCCCCCCCCCCCc1ccc(-c2cc(C(CCCOC(C)C(F)(F)F)CCCC(=O)O)ccc2-c2ccccc2)nc1. The first-order valence-corrected chi connectivity index (χ1v) is 19.2. The number of aromatic nitrogens is 1. The van der Waals surface area contributed by atoms with Crippen molar-refractivity contribution < 1.29 is 27.8 Å². The van der Waals surface area contributed by atoms with Crippen LogP contribution in [0.1, 0.15) is 146 Å². The first-order valence-electron chi connectivity index (χ1n) is 19.2. The minimum atomic E-state index is -4.39. The molecule has 50 heavy (non-hydrogen) atoms. The molecule has 2 aromatic carbocycles. The van der Waals surface area contributed by atoms with Gasteiger partial charge in [0, 0.05) is 24.8 Å². The largest absolute Gasteiger partial charge is 0.481 e. The Bertz CT molecular complexity index is 1340. The summed E-state index contributed by atoms with van der Waals surface area (Å²) >= 11 is 0. The summed E-state index contributed by atoms with van der Waals surface area (Å²) in [5.74, 6) is -0.869. The minimum Gasteiger partial charge on any atom is -0.481 e. The number of ether oxygens (including phenoxy) is 1. The molecule has 0 saturated carbocycles. The van der Waals surface area contributed by atoms with Gasteiger partial charge in [-0.05, 0) is 85.8 Å². The molecule has 276 valence electrons. The van der Waals surface area contributed by atoms with Crippen LogP contribution in [0.25, 0.3) is 22.4 Å². The van der Waals surface area contributed by atoms with Crippen LogP contribution in [0.4, 0.5) is 13.2 Å². The molecule has 0 aliphatic rings. The van der Waals surface area contributed by atoms with Crippen LogP contribution >= 0.6 is 0 Å². The van der Waals surface area contributed by atoms with Crippen LogP contribution in [-0.2, 0) is 16.0 Å². The van der Waals surface area contributed by atoms with Crippen LogP contribution in [-0.4, -0.2) is 34.9 Å². The van der Waals surface area contributed by atoms with Gasteiger partial charge < -0.3 is 9.84 Å². The number of benzene rings is 2. The van der Waals surface area contributed by atoms with E-state index in [1.807, 2.05) is 24.4 Å². The fraction of sp³-hybridized carbons (Fsp3) is 0.581. The van der Waals surface area contributed by atoms with Crippen molar-refractivity contribution in [2.75, 3.05) is 6.61 Å². The molecule has 0 aliphatic carbocycles. The Morgan fingerprint density at radius 3 is 1.96 bits per heavy atom. The molecule has 0 spiro atoms. The van der Waals surface area contributed by atoms with Crippen LogP contribution in [0.3, 0.4) is 0 Å². The summed E-state index contributed by atoms with van der Waals surface area (Å²) in [6.45, 7) is 3.28. The molecule has 0 aliphatic heterocycles. The van der Waals surface area contributed by atoms with Crippen molar-refractivity contribution in [3.8, 4) is 22.4 Å². The van der Waals surface area contributed by atoms with Gasteiger partial charge in [0.05, 0.1) is 5.69 Å². The molecular formula is C43H60F3NO3. The second kappa shape index (κ2) is 23.3. The van der Waals surface area contributed by atoms with E-state index in [9.17, 15) is 23.1 Å². The average Bonchev–Trinajstić information content (AvgIpc) is 3.11. The number of hydrogen-bond donors (Lipinski definition) is 1. The van der Waals surface area contributed by atoms with Crippen LogP contribution in [0.5, 0.6) is 0 Å². The molecule has 0 amide bonds. The molecule has 3 rings (SSSR count). The molecule has 4 nitrogen and oxygen atoms in total. The summed E-state index contributed by atoms with van der Waals surface area (Å²) in [5.41, 5.74) is 6.25. The smallest absolute Gasteiger partial charge is 0.414 e. The molecular weight excluding hydrogens is 635 g/mol. The van der Waals surface area contributed by atoms with Crippen molar-refractivity contribution in [2.45, 2.75) is 154 Å². The predicted octanol–water partition coefficient (Wildman–Crippen LogP) is 13.1. The maximum atomic E-state index is 12.9. The molecule has 2 unspecified atom stereocenters. The lowest BCUT2D eigenvalue weighted by molar-refractivity contribution is -0.214. The van der Waals surface area contributed by atoms with E-state index in [2.05, 4.69) is 49.4 Å². The normalized spacial score (nSPS) is 13.0. The van der Waals surface area contributed by atoms with Gasteiger partial charge in [-0.1, -0.05) is 133 Å². The molecule has 1 N–H and O–H groups in total. The molecule has 2 atom stereocenters. The van der Waals surface area contributed by atoms with Gasteiger partial charge in [-0.2, -0.15) is 13.2 Å². The summed E-state index contributed by atoms with van der Waals surface area (Å²) in [5, 5.41) is 9.25. The van der Waals surface area contributed by atoms with Gasteiger partial charge in [-0.25, -0.2) is 0 Å². The summed E-state index contributed by atoms with van der Waals surface area (Å²) in [4.78, 5) is 16.2. The molecule has 0 fully saturated rings. The van der Waals surface area contributed by atoms with Crippen molar-refractivity contribution >= 4 is 5.97 Å². The van der Waals surface area contributed by atoms with Gasteiger partial charge >= 0.3 is 12.1 Å². The number of unbranched alkanes of at least 4 members (excludes halogenated alkanes) is 12. The number of carbonyl (C=O) groups is 1. The Kier molecular flexibility index (Phi) is 19.2. The first kappa shape index (κ1) is 41.2. The fourth-order valence-corrected chi connectivity index (χ4v) is 6.64. The summed E-state index contributed by atoms with van der Waals surface area (Å²) < 4.78 is 43.9. The highest BCUT2D eigenvalue weighted by molar-refractivity contribution is 5.82. The highest BCUT2D eigenvalue weighted by Crippen LogP contribution is 2.37. The summed E-state index contributed by atoms with van der Waals surface area (Å²) in [6.07, 6.45) is 16.4. The van der Waals surface area contributed by atoms with Gasteiger partial charge in [-0.15, -0.1) is 0 Å². The molecule has 1 heterocycles. The average molecular weight is 696 g/mol. The second-order valence-corrected chi connectivity index (χ2v) is 13.9. The standard InChI is InChI=1S/C43H60F3NO3/c1-3-4-5-6-7-8-9-10-11-12-13-14-16-21-35-27-30-41(47-33-35)40-32-38(28-29-39(40)37-22-17-15-18-23-37)36(24-19-26-42(48)49)25-20-31-50-34(2)43(44,45)46/h15,17-18,22-23,27-30,32-34,36H,3-14,16,19-21,24-26,31H2,1-2H3,(H,48,49). The third kappa shape index (κ3) is 15.8. The van der Waals surface area contributed by atoms with Crippen LogP contribution in [0, 0.1) is 0 Å². The van der Waals surface area contributed by atoms with Crippen LogP contribution in [0.15, 0.2) is 66.9 Å². The Morgan fingerprint density at radius 1 is 0.760 bits per heavy atom. The van der Waals surface area contributed by atoms with Crippen molar-refractivity contribution in [2.24, 2.45) is 0 Å². The van der Waals surface area contributed by atoms with Gasteiger partial charge in [-0.3, -0.25) is 9.78 Å². The third-order valence-corrected chi connectivity index (χ3v) is 9.74. The van der Waals surface area contributed by atoms with E-state index in [-0.39, 0.29) is 18.9 Å². The van der Waals surface area contributed by atoms with Gasteiger partial charge in [0.25, 0.3) is 0 Å². The van der Waals surface area contributed by atoms with E-state index in [4.69, 9.17) is 9.72 Å². The van der Waals surface area contributed by atoms with Gasteiger partial charge in [0.1, 0.15) is 0 Å². The number of alkyl halides is 3. The van der Waals surface area contributed by atoms with Crippen molar-refractivity contribution in [3.63, 3.8) is 0 Å². The van der Waals surface area contributed by atoms with E-state index in [1.165, 1.54) is 82.6 Å². The lowest BCUT2D eigenvalue weighted by atomic mass is 9.86. The molecule has 0 bridgehead atoms. The van der Waals surface area contributed by atoms with Crippen molar-refractivity contribution in [1.82, 2.24) is 4.98 Å². The third-order valence-electron chi connectivity index (χ3n) is 9.74. The van der Waals surface area contributed by atoms with Gasteiger partial charge in [0.15, 0.2) is 6.10 Å². The van der Waals surface area contributed by atoms with Crippen molar-refractivity contribution in [3.05, 3.63) is 78.0 Å². The van der Waals surface area contributed by atoms with E-state index in [0.29, 0.717) is 25.7 Å². The lowest BCUT2D eigenvalue weighted by Crippen LogP contribution is -2.28. The minimum absolute atomic E-state index is 0.00661. The number of aryl methyl sites for hydroxylation is 1. The highest BCUT2D eigenvalue weighted by atomic mass is 19.4. The number of pyridine rings is 1. The zero-order valence-corrected chi connectivity index (χ0v) is 30.5. The Morgan fingerprint density at radius 2 is 1.38 bits per heavy atom. The number of halogens is 3. The quantitative estimate of drug-likeness (QED) is 0.0849. The number of hydrogen-bond acceptors (Lipinski definition) is 3. The van der Waals surface area contributed by atoms with E-state index >= 15 is 0 Å². The summed E-state index contributed by atoms with van der Waals surface area (Å²) in [6, 6.07) is 20.7. The number of carboxylic acids is 1. The number of nitrogens with zero attached hydrogens (tertiary/aromatic N) is 1. The Labute approximate surface area is 299 Å². The lowest BCUT2D eigenvalue weighted by Gasteiger charge is -2.21.